The zero-order chi connectivity index (χ0) is 14.8. The largest absolute Gasteiger partial charge is 0.386 e. The predicted molar refractivity (Wildman–Crippen MR) is 78.5 cm³/mol. The Kier molecular flexibility index (Phi) is 3.87. The summed E-state index contributed by atoms with van der Waals surface area (Å²) in [6.45, 7) is 0.198. The molecule has 1 unspecified atom stereocenters. The van der Waals surface area contributed by atoms with Gasteiger partial charge in [-0.2, -0.15) is 0 Å². The third-order valence-electron chi connectivity index (χ3n) is 2.88. The number of nitrogens with one attached hydrogen (secondary N) is 1. The molecular formula is C12H10Cl2N6O. The van der Waals surface area contributed by atoms with Gasteiger partial charge in [0.25, 0.3) is 0 Å². The number of hydrogen-bond acceptors (Lipinski definition) is 6. The number of anilines is 1. The number of fused-ring (bicyclic) bond motifs is 1. The molecule has 0 saturated heterocycles. The molecule has 0 aliphatic carbocycles. The zero-order valence-electron chi connectivity index (χ0n) is 10.6. The van der Waals surface area contributed by atoms with Crippen molar-refractivity contribution in [2.24, 2.45) is 0 Å². The molecule has 0 radical (unpaired) electrons. The fourth-order valence-corrected chi connectivity index (χ4v) is 2.53. The highest BCUT2D eigenvalue weighted by atomic mass is 35.5. The number of tetrazole rings is 1. The Labute approximate surface area is 129 Å². The normalized spacial score (nSPS) is 12.5. The number of halogens is 2. The van der Waals surface area contributed by atoms with Crippen molar-refractivity contribution in [3.05, 3.63) is 45.9 Å². The highest BCUT2D eigenvalue weighted by molar-refractivity contribution is 6.36. The summed E-state index contributed by atoms with van der Waals surface area (Å²) in [5.41, 5.74) is 1.02. The molecule has 0 bridgehead atoms. The van der Waals surface area contributed by atoms with E-state index in [-0.39, 0.29) is 6.54 Å². The predicted octanol–water partition coefficient (Wildman–Crippen LogP) is 1.97. The molecule has 108 valence electrons. The van der Waals surface area contributed by atoms with Crippen LogP contribution < -0.4 is 5.32 Å². The Hall–Kier alpha value is -1.96. The average Bonchev–Trinajstić information content (AvgIpc) is 2.92. The number of nitrogens with zero attached hydrogens (tertiary/aromatic N) is 5. The molecule has 0 saturated carbocycles. The van der Waals surface area contributed by atoms with Crippen molar-refractivity contribution in [3.8, 4) is 0 Å². The standard InChI is InChI=1S/C12H10Cl2N6O/c13-7-2-1-3-8(14)12(7)9(21)6-15-10-4-5-11-16-18-19-20(11)17-10/h1-5,9,21H,6H2,(H,15,17). The quantitative estimate of drug-likeness (QED) is 0.762. The van der Waals surface area contributed by atoms with Crippen LogP contribution in [0.1, 0.15) is 11.7 Å². The number of benzene rings is 1. The van der Waals surface area contributed by atoms with Gasteiger partial charge in [0.05, 0.1) is 6.10 Å². The van der Waals surface area contributed by atoms with Crippen molar-refractivity contribution < 1.29 is 5.11 Å². The molecule has 3 rings (SSSR count). The minimum atomic E-state index is -0.863. The summed E-state index contributed by atoms with van der Waals surface area (Å²) in [6.07, 6.45) is -0.863. The number of aliphatic hydroxyl groups excluding tert-OH is 1. The van der Waals surface area contributed by atoms with Crippen molar-refractivity contribution in [2.45, 2.75) is 6.10 Å². The molecule has 3 aromatic rings. The van der Waals surface area contributed by atoms with Crippen LogP contribution in [0.4, 0.5) is 5.82 Å². The van der Waals surface area contributed by atoms with Gasteiger partial charge in [0.2, 0.25) is 0 Å². The summed E-state index contributed by atoms with van der Waals surface area (Å²) < 4.78 is 1.29. The molecule has 1 atom stereocenters. The second-order valence-corrected chi connectivity index (χ2v) is 5.09. The van der Waals surface area contributed by atoms with Gasteiger partial charge in [-0.05, 0) is 34.7 Å². The van der Waals surface area contributed by atoms with Gasteiger partial charge in [-0.1, -0.05) is 29.3 Å². The van der Waals surface area contributed by atoms with E-state index in [2.05, 4.69) is 25.9 Å². The fraction of sp³-hybridized carbons (Fsp3) is 0.167. The van der Waals surface area contributed by atoms with Gasteiger partial charge in [0.1, 0.15) is 5.82 Å². The minimum Gasteiger partial charge on any atom is -0.386 e. The molecule has 2 N–H and O–H groups in total. The Morgan fingerprint density at radius 1 is 1.19 bits per heavy atom. The van der Waals surface area contributed by atoms with E-state index < -0.39 is 6.10 Å². The summed E-state index contributed by atoms with van der Waals surface area (Å²) >= 11 is 12.1. The Balaban J connectivity index is 1.74. The van der Waals surface area contributed by atoms with Crippen LogP contribution in [0.2, 0.25) is 10.0 Å². The van der Waals surface area contributed by atoms with Crippen LogP contribution in [0.3, 0.4) is 0 Å². The maximum absolute atomic E-state index is 10.2. The van der Waals surface area contributed by atoms with Crippen LogP contribution in [-0.2, 0) is 0 Å². The molecule has 0 fully saturated rings. The Morgan fingerprint density at radius 2 is 1.95 bits per heavy atom. The fourth-order valence-electron chi connectivity index (χ4n) is 1.88. The van der Waals surface area contributed by atoms with Crippen molar-refractivity contribution in [3.63, 3.8) is 0 Å². The lowest BCUT2D eigenvalue weighted by molar-refractivity contribution is 0.191. The lowest BCUT2D eigenvalue weighted by Crippen LogP contribution is -2.14. The van der Waals surface area contributed by atoms with Crippen molar-refractivity contribution in [1.29, 1.82) is 0 Å². The molecular weight excluding hydrogens is 315 g/mol. The van der Waals surface area contributed by atoms with E-state index in [0.717, 1.165) is 0 Å². The molecule has 0 aliphatic heterocycles. The van der Waals surface area contributed by atoms with Gasteiger partial charge in [0.15, 0.2) is 5.65 Å². The monoisotopic (exact) mass is 324 g/mol. The van der Waals surface area contributed by atoms with Crippen LogP contribution in [0.5, 0.6) is 0 Å². The SMILES string of the molecule is OC(CNc1ccc2nnnn2n1)c1c(Cl)cccc1Cl. The highest BCUT2D eigenvalue weighted by Gasteiger charge is 2.15. The summed E-state index contributed by atoms with van der Waals surface area (Å²) in [4.78, 5) is 0. The first-order valence-electron chi connectivity index (χ1n) is 6.06. The van der Waals surface area contributed by atoms with Crippen molar-refractivity contribution >= 4 is 34.7 Å². The Morgan fingerprint density at radius 3 is 2.71 bits per heavy atom. The Bertz CT molecular complexity index is 757. The third kappa shape index (κ3) is 2.90. The molecule has 7 nitrogen and oxygen atoms in total. The van der Waals surface area contributed by atoms with Crippen LogP contribution in [0.15, 0.2) is 30.3 Å². The zero-order valence-corrected chi connectivity index (χ0v) is 12.1. The molecule has 2 aromatic heterocycles. The molecule has 0 amide bonds. The first kappa shape index (κ1) is 14.0. The minimum absolute atomic E-state index is 0.198. The molecule has 0 aliphatic rings. The van der Waals surface area contributed by atoms with Gasteiger partial charge in [-0.25, -0.2) is 0 Å². The van der Waals surface area contributed by atoms with E-state index in [1.54, 1.807) is 30.3 Å². The van der Waals surface area contributed by atoms with E-state index in [4.69, 9.17) is 23.2 Å². The second kappa shape index (κ2) is 5.80. The summed E-state index contributed by atoms with van der Waals surface area (Å²) in [5.74, 6) is 0.525. The second-order valence-electron chi connectivity index (χ2n) is 4.28. The van der Waals surface area contributed by atoms with Gasteiger partial charge >= 0.3 is 0 Å². The summed E-state index contributed by atoms with van der Waals surface area (Å²) in [6, 6.07) is 8.51. The lowest BCUT2D eigenvalue weighted by Gasteiger charge is -2.15. The number of hydrogen-bond donors (Lipinski definition) is 2. The van der Waals surface area contributed by atoms with E-state index in [1.807, 2.05) is 0 Å². The van der Waals surface area contributed by atoms with E-state index in [9.17, 15) is 5.11 Å². The molecule has 9 heteroatoms. The first-order valence-corrected chi connectivity index (χ1v) is 6.82. The van der Waals surface area contributed by atoms with Crippen LogP contribution >= 0.6 is 23.2 Å². The van der Waals surface area contributed by atoms with Crippen LogP contribution in [0.25, 0.3) is 5.65 Å². The van der Waals surface area contributed by atoms with Crippen LogP contribution in [0, 0.1) is 0 Å². The average molecular weight is 325 g/mol. The smallest absolute Gasteiger partial charge is 0.200 e. The van der Waals surface area contributed by atoms with Crippen molar-refractivity contribution in [1.82, 2.24) is 25.3 Å². The van der Waals surface area contributed by atoms with Gasteiger partial charge in [0, 0.05) is 22.2 Å². The number of aliphatic hydroxyl groups is 1. The molecule has 2 heterocycles. The van der Waals surface area contributed by atoms with E-state index in [0.29, 0.717) is 27.1 Å². The van der Waals surface area contributed by atoms with Gasteiger partial charge < -0.3 is 10.4 Å². The summed E-state index contributed by atoms with van der Waals surface area (Å²) in [5, 5.41) is 29.1. The lowest BCUT2D eigenvalue weighted by atomic mass is 10.1. The van der Waals surface area contributed by atoms with Crippen molar-refractivity contribution in [2.75, 3.05) is 11.9 Å². The van der Waals surface area contributed by atoms with E-state index in [1.165, 1.54) is 4.63 Å². The topological polar surface area (TPSA) is 88.2 Å². The van der Waals surface area contributed by atoms with Gasteiger partial charge in [-0.3, -0.25) is 0 Å². The van der Waals surface area contributed by atoms with Crippen LogP contribution in [-0.4, -0.2) is 36.9 Å². The molecule has 0 spiro atoms. The van der Waals surface area contributed by atoms with E-state index >= 15 is 0 Å². The molecule has 21 heavy (non-hydrogen) atoms. The highest BCUT2D eigenvalue weighted by Crippen LogP contribution is 2.30. The molecule has 1 aromatic carbocycles. The number of aromatic nitrogens is 5. The summed E-state index contributed by atoms with van der Waals surface area (Å²) in [7, 11) is 0. The van der Waals surface area contributed by atoms with Gasteiger partial charge in [-0.15, -0.1) is 14.8 Å². The third-order valence-corrected chi connectivity index (χ3v) is 3.54. The maximum Gasteiger partial charge on any atom is 0.200 e. The maximum atomic E-state index is 10.2. The number of rotatable bonds is 4. The first-order chi connectivity index (χ1) is 10.1.